The molecule has 0 saturated carbocycles. The molecule has 1 heterocycles. The molecule has 0 spiro atoms. The second kappa shape index (κ2) is 4.66. The molecular weight excluding hydrogens is 231 g/mol. The van der Waals surface area contributed by atoms with Crippen LogP contribution in [-0.4, -0.2) is 23.6 Å². The van der Waals surface area contributed by atoms with Crippen LogP contribution in [0.2, 0.25) is 0 Å². The highest BCUT2D eigenvalue weighted by atomic mass is 17.1. The molecule has 4 nitrogen and oxygen atoms in total. The lowest BCUT2D eigenvalue weighted by molar-refractivity contribution is -0.253. The van der Waals surface area contributed by atoms with Crippen molar-refractivity contribution in [2.75, 3.05) is 0 Å². The molecular formula is C13H19BO4. The van der Waals surface area contributed by atoms with Crippen molar-refractivity contribution in [1.82, 2.24) is 0 Å². The van der Waals surface area contributed by atoms with E-state index < -0.39 is 0 Å². The number of benzene rings is 1. The molecule has 1 aromatic carbocycles. The third-order valence-electron chi connectivity index (χ3n) is 3.74. The molecule has 2 rings (SSSR count). The van der Waals surface area contributed by atoms with Gasteiger partial charge in [-0.3, -0.25) is 5.26 Å². The van der Waals surface area contributed by atoms with Crippen LogP contribution in [0.4, 0.5) is 0 Å². The molecule has 1 fully saturated rings. The van der Waals surface area contributed by atoms with Crippen LogP contribution in [0.3, 0.4) is 0 Å². The maximum absolute atomic E-state index is 8.39. The predicted octanol–water partition coefficient (Wildman–Crippen LogP) is 1.98. The molecule has 1 aliphatic heterocycles. The largest absolute Gasteiger partial charge is 0.494 e. The van der Waals surface area contributed by atoms with Gasteiger partial charge < -0.3 is 9.31 Å². The Hall–Kier alpha value is -0.875. The molecule has 1 saturated heterocycles. The minimum Gasteiger partial charge on any atom is -0.399 e. The molecule has 5 heteroatoms. The van der Waals surface area contributed by atoms with Gasteiger partial charge in [0.15, 0.2) is 0 Å². The molecule has 1 N–H and O–H groups in total. The van der Waals surface area contributed by atoms with E-state index in [1.165, 1.54) is 0 Å². The van der Waals surface area contributed by atoms with E-state index in [0.717, 1.165) is 11.0 Å². The van der Waals surface area contributed by atoms with E-state index in [4.69, 9.17) is 14.6 Å². The van der Waals surface area contributed by atoms with Gasteiger partial charge in [0, 0.05) is 0 Å². The molecule has 18 heavy (non-hydrogen) atoms. The summed E-state index contributed by atoms with van der Waals surface area (Å²) < 4.78 is 11.9. The highest BCUT2D eigenvalue weighted by Crippen LogP contribution is 2.36. The van der Waals surface area contributed by atoms with E-state index in [0.29, 0.717) is 0 Å². The molecule has 1 aliphatic rings. The van der Waals surface area contributed by atoms with Crippen LogP contribution < -0.4 is 5.46 Å². The smallest absolute Gasteiger partial charge is 0.399 e. The van der Waals surface area contributed by atoms with Gasteiger partial charge in [0.2, 0.25) is 0 Å². The summed E-state index contributed by atoms with van der Waals surface area (Å²) in [4.78, 5) is 4.10. The lowest BCUT2D eigenvalue weighted by Crippen LogP contribution is -2.41. The van der Waals surface area contributed by atoms with Gasteiger partial charge in [-0.2, -0.15) is 0 Å². The number of hydrogen-bond donors (Lipinski definition) is 1. The van der Waals surface area contributed by atoms with Crippen molar-refractivity contribution in [3.8, 4) is 0 Å². The molecule has 0 radical (unpaired) electrons. The summed E-state index contributed by atoms with van der Waals surface area (Å²) in [7, 11) is -0.348. The fraction of sp³-hybridized carbons (Fsp3) is 0.538. The first kappa shape index (κ1) is 13.6. The van der Waals surface area contributed by atoms with Gasteiger partial charge in [0.25, 0.3) is 0 Å². The van der Waals surface area contributed by atoms with Crippen molar-refractivity contribution < 1.29 is 19.5 Å². The zero-order chi connectivity index (χ0) is 13.4. The first-order valence-corrected chi connectivity index (χ1v) is 6.06. The second-order valence-corrected chi connectivity index (χ2v) is 5.60. The van der Waals surface area contributed by atoms with Crippen molar-refractivity contribution in [2.45, 2.75) is 45.5 Å². The van der Waals surface area contributed by atoms with Crippen LogP contribution >= 0.6 is 0 Å². The fourth-order valence-corrected chi connectivity index (χ4v) is 1.82. The van der Waals surface area contributed by atoms with Crippen molar-refractivity contribution in [2.24, 2.45) is 0 Å². The van der Waals surface area contributed by atoms with E-state index in [1.807, 2.05) is 52.0 Å². The molecule has 0 bridgehead atoms. The van der Waals surface area contributed by atoms with Crippen LogP contribution in [0.25, 0.3) is 0 Å². The van der Waals surface area contributed by atoms with Crippen LogP contribution in [-0.2, 0) is 20.8 Å². The van der Waals surface area contributed by atoms with Crippen molar-refractivity contribution in [1.29, 1.82) is 0 Å². The summed E-state index contributed by atoms with van der Waals surface area (Å²) in [5, 5.41) is 8.39. The molecule has 0 atom stereocenters. The van der Waals surface area contributed by atoms with Crippen LogP contribution in [0.5, 0.6) is 0 Å². The molecule has 0 aliphatic carbocycles. The summed E-state index contributed by atoms with van der Waals surface area (Å²) in [6.45, 7) is 8.30. The lowest BCUT2D eigenvalue weighted by Gasteiger charge is -2.32. The van der Waals surface area contributed by atoms with Gasteiger partial charge in [0.1, 0.15) is 6.61 Å². The predicted molar refractivity (Wildman–Crippen MR) is 69.6 cm³/mol. The summed E-state index contributed by atoms with van der Waals surface area (Å²) in [5.41, 5.74) is 1.21. The lowest BCUT2D eigenvalue weighted by atomic mass is 9.79. The van der Waals surface area contributed by atoms with Crippen LogP contribution in [0.15, 0.2) is 24.3 Å². The molecule has 1 aromatic rings. The maximum Gasteiger partial charge on any atom is 0.494 e. The highest BCUT2D eigenvalue weighted by molar-refractivity contribution is 6.62. The van der Waals surface area contributed by atoms with Crippen LogP contribution in [0, 0.1) is 0 Å². The Morgan fingerprint density at radius 1 is 1.06 bits per heavy atom. The Bertz CT molecular complexity index is 398. The first-order valence-electron chi connectivity index (χ1n) is 6.06. The standard InChI is InChI=1S/C13H19BO4/c1-12(2)13(3,4)18-14(17-12)11-7-5-10(6-8-11)9-16-15/h5-8,15H,9H2,1-4H3. The Labute approximate surface area is 108 Å². The highest BCUT2D eigenvalue weighted by Gasteiger charge is 2.51. The number of hydrogen-bond acceptors (Lipinski definition) is 4. The van der Waals surface area contributed by atoms with Gasteiger partial charge in [-0.1, -0.05) is 24.3 Å². The average Bonchev–Trinajstić information content (AvgIpc) is 2.50. The second-order valence-electron chi connectivity index (χ2n) is 5.60. The van der Waals surface area contributed by atoms with E-state index >= 15 is 0 Å². The Balaban J connectivity index is 2.14. The zero-order valence-electron chi connectivity index (χ0n) is 11.3. The maximum atomic E-state index is 8.39. The minimum absolute atomic E-state index is 0.184. The minimum atomic E-state index is -0.348. The zero-order valence-corrected chi connectivity index (χ0v) is 11.3. The van der Waals surface area contributed by atoms with Crippen molar-refractivity contribution in [3.63, 3.8) is 0 Å². The van der Waals surface area contributed by atoms with Gasteiger partial charge in [-0.25, -0.2) is 4.89 Å². The summed E-state index contributed by atoms with van der Waals surface area (Å²) in [5.74, 6) is 0. The Morgan fingerprint density at radius 3 is 2.00 bits per heavy atom. The fourth-order valence-electron chi connectivity index (χ4n) is 1.82. The summed E-state index contributed by atoms with van der Waals surface area (Å²) in [6.07, 6.45) is 0. The van der Waals surface area contributed by atoms with E-state index in [-0.39, 0.29) is 24.9 Å². The topological polar surface area (TPSA) is 47.9 Å². The van der Waals surface area contributed by atoms with Gasteiger partial charge >= 0.3 is 7.12 Å². The molecule has 0 unspecified atom stereocenters. The van der Waals surface area contributed by atoms with Crippen LogP contribution in [0.1, 0.15) is 33.3 Å². The first-order chi connectivity index (χ1) is 8.36. The average molecular weight is 250 g/mol. The molecule has 0 aromatic heterocycles. The van der Waals surface area contributed by atoms with E-state index in [2.05, 4.69) is 4.89 Å². The number of rotatable bonds is 3. The molecule has 0 amide bonds. The van der Waals surface area contributed by atoms with E-state index in [9.17, 15) is 0 Å². The van der Waals surface area contributed by atoms with Crippen molar-refractivity contribution >= 4 is 12.6 Å². The summed E-state index contributed by atoms with van der Waals surface area (Å²) in [6, 6.07) is 7.63. The van der Waals surface area contributed by atoms with Gasteiger partial charge in [-0.05, 0) is 38.7 Å². The molecule has 98 valence electrons. The van der Waals surface area contributed by atoms with E-state index in [1.54, 1.807) is 0 Å². The van der Waals surface area contributed by atoms with Crippen molar-refractivity contribution in [3.05, 3.63) is 29.8 Å². The quantitative estimate of drug-likeness (QED) is 0.506. The normalized spacial score (nSPS) is 21.3. The Morgan fingerprint density at radius 2 is 1.56 bits per heavy atom. The Kier molecular flexibility index (Phi) is 3.51. The monoisotopic (exact) mass is 250 g/mol. The third-order valence-corrected chi connectivity index (χ3v) is 3.74. The van der Waals surface area contributed by atoms with Gasteiger partial charge in [-0.15, -0.1) is 0 Å². The van der Waals surface area contributed by atoms with Gasteiger partial charge in [0.05, 0.1) is 11.2 Å². The SMILES string of the molecule is CC1(C)OB(c2ccc(COO)cc2)OC1(C)C. The third kappa shape index (κ3) is 2.45. The summed E-state index contributed by atoms with van der Waals surface area (Å²) >= 11 is 0.